The Labute approximate surface area is 149 Å². The van der Waals surface area contributed by atoms with Gasteiger partial charge in [0.1, 0.15) is 11.5 Å². The number of carbonyl (C=O) groups excluding carboxylic acids is 2. The number of halogens is 1. The summed E-state index contributed by atoms with van der Waals surface area (Å²) in [6, 6.07) is 7.58. The molecule has 136 valence electrons. The molecule has 26 heavy (non-hydrogen) atoms. The highest BCUT2D eigenvalue weighted by molar-refractivity contribution is 7.91. The SMILES string of the molecule is O=C(Nc1ccc(F)cc1)c1ccnc(C(=O)NC2CCS(=O)(=O)C2)c1. The lowest BCUT2D eigenvalue weighted by atomic mass is 10.2. The van der Waals surface area contributed by atoms with Gasteiger partial charge in [0.25, 0.3) is 11.8 Å². The number of benzene rings is 1. The molecule has 2 aromatic rings. The molecule has 9 heteroatoms. The summed E-state index contributed by atoms with van der Waals surface area (Å²) in [6.07, 6.45) is 1.68. The van der Waals surface area contributed by atoms with Crippen molar-refractivity contribution < 1.29 is 22.4 Å². The summed E-state index contributed by atoms with van der Waals surface area (Å²) in [7, 11) is -3.11. The molecule has 7 nitrogen and oxygen atoms in total. The first-order valence-electron chi connectivity index (χ1n) is 7.87. The topological polar surface area (TPSA) is 105 Å². The Morgan fingerprint density at radius 3 is 2.50 bits per heavy atom. The van der Waals surface area contributed by atoms with E-state index < -0.39 is 33.5 Å². The van der Waals surface area contributed by atoms with Crippen molar-refractivity contribution in [2.75, 3.05) is 16.8 Å². The van der Waals surface area contributed by atoms with Gasteiger partial charge in [-0.25, -0.2) is 12.8 Å². The van der Waals surface area contributed by atoms with Gasteiger partial charge in [-0.1, -0.05) is 0 Å². The minimum absolute atomic E-state index is 0.0149. The zero-order valence-corrected chi connectivity index (χ0v) is 14.4. The van der Waals surface area contributed by atoms with Crippen molar-refractivity contribution in [3.8, 4) is 0 Å². The number of aromatic nitrogens is 1. The van der Waals surface area contributed by atoms with Crippen LogP contribution in [0.15, 0.2) is 42.6 Å². The number of hydrogen-bond donors (Lipinski definition) is 2. The number of anilines is 1. The first kappa shape index (κ1) is 18.0. The summed E-state index contributed by atoms with van der Waals surface area (Å²) >= 11 is 0. The van der Waals surface area contributed by atoms with Crippen molar-refractivity contribution in [2.24, 2.45) is 0 Å². The lowest BCUT2D eigenvalue weighted by Crippen LogP contribution is -2.36. The van der Waals surface area contributed by atoms with Gasteiger partial charge in [-0.2, -0.15) is 0 Å². The van der Waals surface area contributed by atoms with Crippen LogP contribution in [0.2, 0.25) is 0 Å². The summed E-state index contributed by atoms with van der Waals surface area (Å²) in [5.41, 5.74) is 0.630. The van der Waals surface area contributed by atoms with Crippen LogP contribution >= 0.6 is 0 Å². The third-order valence-electron chi connectivity index (χ3n) is 3.92. The summed E-state index contributed by atoms with van der Waals surface area (Å²) in [5, 5.41) is 5.21. The van der Waals surface area contributed by atoms with E-state index in [1.165, 1.54) is 42.6 Å². The molecule has 1 fully saturated rings. The fourth-order valence-corrected chi connectivity index (χ4v) is 4.27. The number of sulfone groups is 1. The second-order valence-corrected chi connectivity index (χ2v) is 8.19. The third kappa shape index (κ3) is 4.42. The van der Waals surface area contributed by atoms with Gasteiger partial charge in [0.15, 0.2) is 9.84 Å². The first-order chi connectivity index (χ1) is 12.3. The van der Waals surface area contributed by atoms with E-state index in [0.29, 0.717) is 12.1 Å². The van der Waals surface area contributed by atoms with Crippen LogP contribution in [-0.4, -0.2) is 42.8 Å². The largest absolute Gasteiger partial charge is 0.347 e. The van der Waals surface area contributed by atoms with Gasteiger partial charge in [-0.15, -0.1) is 0 Å². The summed E-state index contributed by atoms with van der Waals surface area (Å²) < 4.78 is 35.8. The maximum absolute atomic E-state index is 12.9. The van der Waals surface area contributed by atoms with Crippen molar-refractivity contribution in [2.45, 2.75) is 12.5 Å². The predicted octanol–water partition coefficient (Wildman–Crippen LogP) is 1.39. The monoisotopic (exact) mass is 377 g/mol. The van der Waals surface area contributed by atoms with Crippen molar-refractivity contribution >= 4 is 27.3 Å². The molecule has 1 aliphatic heterocycles. The molecular formula is C17H16FN3O4S. The van der Waals surface area contributed by atoms with Crippen molar-refractivity contribution in [1.29, 1.82) is 0 Å². The molecule has 0 bridgehead atoms. The molecule has 2 heterocycles. The lowest BCUT2D eigenvalue weighted by Gasteiger charge is -2.11. The average Bonchev–Trinajstić information content (AvgIpc) is 2.95. The van der Waals surface area contributed by atoms with Crippen LogP contribution in [0.5, 0.6) is 0 Å². The normalized spacial score (nSPS) is 18.3. The Morgan fingerprint density at radius 2 is 1.85 bits per heavy atom. The highest BCUT2D eigenvalue weighted by atomic mass is 32.2. The van der Waals surface area contributed by atoms with Crippen LogP contribution in [0.3, 0.4) is 0 Å². The smallest absolute Gasteiger partial charge is 0.270 e. The number of carbonyl (C=O) groups is 2. The van der Waals surface area contributed by atoms with Crippen LogP contribution in [0.1, 0.15) is 27.3 Å². The fraction of sp³-hybridized carbons (Fsp3) is 0.235. The number of rotatable bonds is 4. The van der Waals surface area contributed by atoms with Gasteiger partial charge in [0.05, 0.1) is 11.5 Å². The fourth-order valence-electron chi connectivity index (χ4n) is 2.60. The van der Waals surface area contributed by atoms with E-state index in [-0.39, 0.29) is 22.8 Å². The molecule has 0 radical (unpaired) electrons. The van der Waals surface area contributed by atoms with E-state index in [4.69, 9.17) is 0 Å². The molecule has 1 unspecified atom stereocenters. The van der Waals surface area contributed by atoms with Gasteiger partial charge in [-0.05, 0) is 42.8 Å². The Morgan fingerprint density at radius 1 is 1.12 bits per heavy atom. The van der Waals surface area contributed by atoms with E-state index in [0.717, 1.165) is 0 Å². The Hall–Kier alpha value is -2.81. The van der Waals surface area contributed by atoms with E-state index in [1.54, 1.807) is 0 Å². The maximum Gasteiger partial charge on any atom is 0.270 e. The standard InChI is InChI=1S/C17H16FN3O4S/c18-12-1-3-13(4-2-12)20-16(22)11-5-7-19-15(9-11)17(23)21-14-6-8-26(24,25)10-14/h1-5,7,9,14H,6,8,10H2,(H,20,22)(H,21,23). The van der Waals surface area contributed by atoms with E-state index >= 15 is 0 Å². The van der Waals surface area contributed by atoms with Gasteiger partial charge < -0.3 is 10.6 Å². The van der Waals surface area contributed by atoms with Crippen LogP contribution in [0, 0.1) is 5.82 Å². The molecule has 1 aromatic heterocycles. The van der Waals surface area contributed by atoms with Crippen molar-refractivity contribution in [1.82, 2.24) is 10.3 Å². The molecular weight excluding hydrogens is 361 g/mol. The Kier molecular flexibility index (Phi) is 4.99. The second-order valence-electron chi connectivity index (χ2n) is 5.96. The number of pyridine rings is 1. The van der Waals surface area contributed by atoms with E-state index in [9.17, 15) is 22.4 Å². The number of nitrogens with zero attached hydrogens (tertiary/aromatic N) is 1. The van der Waals surface area contributed by atoms with Crippen molar-refractivity contribution in [3.05, 3.63) is 59.7 Å². The third-order valence-corrected chi connectivity index (χ3v) is 5.69. The number of hydrogen-bond acceptors (Lipinski definition) is 5. The predicted molar refractivity (Wildman–Crippen MR) is 93.1 cm³/mol. The van der Waals surface area contributed by atoms with Crippen molar-refractivity contribution in [3.63, 3.8) is 0 Å². The molecule has 1 saturated heterocycles. The second kappa shape index (κ2) is 7.20. The van der Waals surface area contributed by atoms with Crippen LogP contribution in [-0.2, 0) is 9.84 Å². The van der Waals surface area contributed by atoms with Gasteiger partial charge >= 0.3 is 0 Å². The molecule has 1 aromatic carbocycles. The zero-order chi connectivity index (χ0) is 18.7. The highest BCUT2D eigenvalue weighted by Crippen LogP contribution is 2.13. The van der Waals surface area contributed by atoms with Gasteiger partial charge in [0.2, 0.25) is 0 Å². The van der Waals surface area contributed by atoms with Crippen LogP contribution in [0.4, 0.5) is 10.1 Å². The highest BCUT2D eigenvalue weighted by Gasteiger charge is 2.29. The minimum atomic E-state index is -3.11. The zero-order valence-electron chi connectivity index (χ0n) is 13.6. The molecule has 0 spiro atoms. The molecule has 3 rings (SSSR count). The quantitative estimate of drug-likeness (QED) is 0.838. The average molecular weight is 377 g/mol. The number of nitrogens with one attached hydrogen (secondary N) is 2. The van der Waals surface area contributed by atoms with E-state index in [2.05, 4.69) is 15.6 Å². The number of amides is 2. The van der Waals surface area contributed by atoms with E-state index in [1.807, 2.05) is 0 Å². The molecule has 1 atom stereocenters. The minimum Gasteiger partial charge on any atom is -0.347 e. The summed E-state index contributed by atoms with van der Waals surface area (Å²) in [4.78, 5) is 28.4. The Bertz CT molecular complexity index is 945. The molecule has 0 aliphatic carbocycles. The summed E-state index contributed by atoms with van der Waals surface area (Å²) in [5.74, 6) is -1.48. The summed E-state index contributed by atoms with van der Waals surface area (Å²) in [6.45, 7) is 0. The lowest BCUT2D eigenvalue weighted by molar-refractivity contribution is 0.0936. The van der Waals surface area contributed by atoms with Crippen LogP contribution < -0.4 is 10.6 Å². The Balaban J connectivity index is 1.68. The first-order valence-corrected chi connectivity index (χ1v) is 9.69. The maximum atomic E-state index is 12.9. The molecule has 0 saturated carbocycles. The molecule has 1 aliphatic rings. The van der Waals surface area contributed by atoms with Gasteiger partial charge in [-0.3, -0.25) is 14.6 Å². The van der Waals surface area contributed by atoms with Gasteiger partial charge in [0, 0.05) is 23.5 Å². The van der Waals surface area contributed by atoms with Crippen LogP contribution in [0.25, 0.3) is 0 Å². The molecule has 2 amide bonds. The molecule has 2 N–H and O–H groups in total.